The zero-order chi connectivity index (χ0) is 13.5. The fourth-order valence-electron chi connectivity index (χ4n) is 2.62. The zero-order valence-corrected chi connectivity index (χ0v) is 11.6. The molecule has 4 heteroatoms. The molecule has 0 saturated carbocycles. The molecule has 1 N–H and O–H groups in total. The van der Waals surface area contributed by atoms with E-state index >= 15 is 0 Å². The number of hydrogen-bond acceptors (Lipinski definition) is 3. The van der Waals surface area contributed by atoms with E-state index in [1.54, 1.807) is 12.3 Å². The minimum Gasteiger partial charge on any atom is -0.381 e. The average Bonchev–Trinajstić information content (AvgIpc) is 2.45. The molecule has 1 unspecified atom stereocenters. The van der Waals surface area contributed by atoms with Crippen LogP contribution in [0.1, 0.15) is 44.2 Å². The summed E-state index contributed by atoms with van der Waals surface area (Å²) in [5.74, 6) is 0.416. The highest BCUT2D eigenvalue weighted by Crippen LogP contribution is 2.28. The Balaban J connectivity index is 2.04. The molecule has 1 aromatic rings. The third kappa shape index (κ3) is 4.25. The maximum atomic E-state index is 13.9. The van der Waals surface area contributed by atoms with Gasteiger partial charge in [-0.1, -0.05) is 6.92 Å². The molecule has 0 aliphatic carbocycles. The number of aromatic nitrogens is 1. The molecule has 0 bridgehead atoms. The molecule has 106 valence electrons. The van der Waals surface area contributed by atoms with E-state index in [0.29, 0.717) is 5.92 Å². The number of pyridine rings is 1. The second-order valence-electron chi connectivity index (χ2n) is 5.20. The van der Waals surface area contributed by atoms with Crippen LogP contribution in [0.25, 0.3) is 0 Å². The Bertz CT molecular complexity index is 380. The molecule has 1 aliphatic rings. The molecule has 2 rings (SSSR count). The molecule has 3 nitrogen and oxygen atoms in total. The summed E-state index contributed by atoms with van der Waals surface area (Å²) in [6.07, 6.45) is 7.16. The van der Waals surface area contributed by atoms with Gasteiger partial charge in [-0.25, -0.2) is 4.39 Å². The maximum Gasteiger partial charge on any atom is 0.146 e. The van der Waals surface area contributed by atoms with Crippen molar-refractivity contribution in [2.75, 3.05) is 19.8 Å². The van der Waals surface area contributed by atoms with Crippen molar-refractivity contribution >= 4 is 0 Å². The van der Waals surface area contributed by atoms with E-state index in [1.807, 2.05) is 0 Å². The van der Waals surface area contributed by atoms with Gasteiger partial charge in [-0.15, -0.1) is 0 Å². The van der Waals surface area contributed by atoms with Gasteiger partial charge in [0, 0.05) is 31.0 Å². The van der Waals surface area contributed by atoms with E-state index in [2.05, 4.69) is 17.2 Å². The van der Waals surface area contributed by atoms with Gasteiger partial charge in [-0.3, -0.25) is 4.98 Å². The standard InChI is InChI=1S/C15H23FN2O/c1-2-6-18-15(10-12-4-8-19-9-5-12)13-3-7-17-11-14(13)16/h3,7,11-12,15,18H,2,4-6,8-10H2,1H3. The van der Waals surface area contributed by atoms with Gasteiger partial charge in [0.25, 0.3) is 0 Å². The largest absolute Gasteiger partial charge is 0.381 e. The van der Waals surface area contributed by atoms with Gasteiger partial charge >= 0.3 is 0 Å². The summed E-state index contributed by atoms with van der Waals surface area (Å²) in [7, 11) is 0. The number of nitrogens with one attached hydrogen (secondary N) is 1. The van der Waals surface area contributed by atoms with Gasteiger partial charge in [-0.2, -0.15) is 0 Å². The van der Waals surface area contributed by atoms with E-state index in [0.717, 1.165) is 51.0 Å². The number of halogens is 1. The van der Waals surface area contributed by atoms with Crippen molar-refractivity contribution in [1.82, 2.24) is 10.3 Å². The minimum absolute atomic E-state index is 0.0889. The lowest BCUT2D eigenvalue weighted by molar-refractivity contribution is 0.0604. The van der Waals surface area contributed by atoms with Crippen LogP contribution in [-0.2, 0) is 4.74 Å². The van der Waals surface area contributed by atoms with Crippen LogP contribution in [0, 0.1) is 11.7 Å². The zero-order valence-electron chi connectivity index (χ0n) is 11.6. The summed E-state index contributed by atoms with van der Waals surface area (Å²) in [4.78, 5) is 3.83. The van der Waals surface area contributed by atoms with E-state index in [1.165, 1.54) is 6.20 Å². The van der Waals surface area contributed by atoms with Gasteiger partial charge in [0.15, 0.2) is 0 Å². The third-order valence-corrected chi connectivity index (χ3v) is 3.73. The van der Waals surface area contributed by atoms with Crippen molar-refractivity contribution in [2.45, 2.75) is 38.6 Å². The normalized spacial score (nSPS) is 18.4. The summed E-state index contributed by atoms with van der Waals surface area (Å²) in [6, 6.07) is 1.88. The number of nitrogens with zero attached hydrogens (tertiary/aromatic N) is 1. The average molecular weight is 266 g/mol. The van der Waals surface area contributed by atoms with Gasteiger partial charge in [0.2, 0.25) is 0 Å². The molecular weight excluding hydrogens is 243 g/mol. The Morgan fingerprint density at radius 1 is 1.47 bits per heavy atom. The van der Waals surface area contributed by atoms with Crippen molar-refractivity contribution in [1.29, 1.82) is 0 Å². The lowest BCUT2D eigenvalue weighted by Gasteiger charge is -2.27. The van der Waals surface area contributed by atoms with Crippen LogP contribution in [-0.4, -0.2) is 24.7 Å². The predicted octanol–water partition coefficient (Wildman–Crippen LogP) is 3.08. The molecule has 0 radical (unpaired) electrons. The third-order valence-electron chi connectivity index (χ3n) is 3.73. The van der Waals surface area contributed by atoms with E-state index in [4.69, 9.17) is 4.74 Å². The summed E-state index contributed by atoms with van der Waals surface area (Å²) in [6.45, 7) is 4.71. The second kappa shape index (κ2) is 7.56. The van der Waals surface area contributed by atoms with E-state index in [9.17, 15) is 4.39 Å². The topological polar surface area (TPSA) is 34.1 Å². The lowest BCUT2D eigenvalue weighted by Crippen LogP contribution is -2.27. The Morgan fingerprint density at radius 2 is 2.26 bits per heavy atom. The molecule has 1 aromatic heterocycles. The molecule has 0 amide bonds. The summed E-state index contributed by atoms with van der Waals surface area (Å²) < 4.78 is 19.3. The maximum absolute atomic E-state index is 13.9. The molecule has 1 aliphatic heterocycles. The van der Waals surface area contributed by atoms with Gasteiger partial charge in [0.1, 0.15) is 5.82 Å². The van der Waals surface area contributed by atoms with Crippen LogP contribution in [0.15, 0.2) is 18.5 Å². The van der Waals surface area contributed by atoms with Crippen molar-refractivity contribution in [2.24, 2.45) is 5.92 Å². The predicted molar refractivity (Wildman–Crippen MR) is 73.4 cm³/mol. The molecule has 0 spiro atoms. The first kappa shape index (κ1) is 14.4. The first-order valence-corrected chi connectivity index (χ1v) is 7.21. The van der Waals surface area contributed by atoms with Crippen molar-refractivity contribution in [3.05, 3.63) is 29.8 Å². The number of ether oxygens (including phenoxy) is 1. The van der Waals surface area contributed by atoms with Crippen molar-refractivity contribution in [3.63, 3.8) is 0 Å². The quantitative estimate of drug-likeness (QED) is 0.859. The van der Waals surface area contributed by atoms with Gasteiger partial charge in [-0.05, 0) is 44.2 Å². The fraction of sp³-hybridized carbons (Fsp3) is 0.667. The highest BCUT2D eigenvalue weighted by Gasteiger charge is 2.22. The van der Waals surface area contributed by atoms with Crippen molar-refractivity contribution in [3.8, 4) is 0 Å². The second-order valence-corrected chi connectivity index (χ2v) is 5.20. The monoisotopic (exact) mass is 266 g/mol. The Hall–Kier alpha value is -1.00. The lowest BCUT2D eigenvalue weighted by atomic mass is 9.89. The molecule has 0 aromatic carbocycles. The van der Waals surface area contributed by atoms with Crippen LogP contribution >= 0.6 is 0 Å². The SMILES string of the molecule is CCCNC(CC1CCOCC1)c1ccncc1F. The Morgan fingerprint density at radius 3 is 2.95 bits per heavy atom. The first-order chi connectivity index (χ1) is 9.31. The van der Waals surface area contributed by atoms with E-state index in [-0.39, 0.29) is 11.9 Å². The Labute approximate surface area is 114 Å². The summed E-state index contributed by atoms with van der Waals surface area (Å²) in [5.41, 5.74) is 0.745. The molecule has 2 heterocycles. The van der Waals surface area contributed by atoms with Crippen LogP contribution in [0.4, 0.5) is 4.39 Å². The van der Waals surface area contributed by atoms with Crippen LogP contribution < -0.4 is 5.32 Å². The van der Waals surface area contributed by atoms with Crippen molar-refractivity contribution < 1.29 is 9.13 Å². The molecule has 1 saturated heterocycles. The highest BCUT2D eigenvalue weighted by atomic mass is 19.1. The van der Waals surface area contributed by atoms with E-state index < -0.39 is 0 Å². The number of rotatable bonds is 6. The molecule has 1 fully saturated rings. The van der Waals surface area contributed by atoms with Crippen LogP contribution in [0.5, 0.6) is 0 Å². The van der Waals surface area contributed by atoms with Crippen LogP contribution in [0.3, 0.4) is 0 Å². The molecule has 1 atom stereocenters. The first-order valence-electron chi connectivity index (χ1n) is 7.21. The smallest absolute Gasteiger partial charge is 0.146 e. The molecular formula is C15H23FN2O. The Kier molecular flexibility index (Phi) is 5.73. The fourth-order valence-corrected chi connectivity index (χ4v) is 2.62. The molecule has 19 heavy (non-hydrogen) atoms. The highest BCUT2D eigenvalue weighted by molar-refractivity contribution is 5.17. The summed E-state index contributed by atoms with van der Waals surface area (Å²) >= 11 is 0. The van der Waals surface area contributed by atoms with Gasteiger partial charge in [0.05, 0.1) is 6.20 Å². The van der Waals surface area contributed by atoms with Gasteiger partial charge < -0.3 is 10.1 Å². The van der Waals surface area contributed by atoms with Crippen LogP contribution in [0.2, 0.25) is 0 Å². The summed E-state index contributed by atoms with van der Waals surface area (Å²) in [5, 5.41) is 3.47. The number of hydrogen-bond donors (Lipinski definition) is 1. The minimum atomic E-state index is -0.205.